The minimum Gasteiger partial charge on any atom is -0.490 e. The average molecular weight is 378 g/mol. The van der Waals surface area contributed by atoms with Gasteiger partial charge in [0.05, 0.1) is 19.8 Å². The lowest BCUT2D eigenvalue weighted by atomic mass is 10.2. The third-order valence-electron chi connectivity index (χ3n) is 4.29. The highest BCUT2D eigenvalue weighted by atomic mass is 16.5. The third-order valence-corrected chi connectivity index (χ3v) is 4.29. The highest BCUT2D eigenvalue weighted by Gasteiger charge is 2.12. The normalized spacial score (nSPS) is 13.7. The van der Waals surface area contributed by atoms with Gasteiger partial charge >= 0.3 is 0 Å². The van der Waals surface area contributed by atoms with Gasteiger partial charge in [0.25, 0.3) is 0 Å². The number of nitrogens with one attached hydrogen (secondary N) is 2. The molecule has 0 aliphatic carbocycles. The average Bonchev–Trinajstić information content (AvgIpc) is 3.09. The summed E-state index contributed by atoms with van der Waals surface area (Å²) >= 11 is 0. The molecule has 0 unspecified atom stereocenters. The molecule has 0 fully saturated rings. The Morgan fingerprint density at radius 1 is 1.04 bits per heavy atom. The summed E-state index contributed by atoms with van der Waals surface area (Å²) in [6, 6.07) is 17.6. The lowest BCUT2D eigenvalue weighted by molar-refractivity contribution is 0.297. The van der Waals surface area contributed by atoms with E-state index >= 15 is 0 Å². The van der Waals surface area contributed by atoms with Crippen molar-refractivity contribution in [1.29, 1.82) is 0 Å². The Labute approximate surface area is 163 Å². The maximum Gasteiger partial charge on any atom is 0.195 e. The van der Waals surface area contributed by atoms with Crippen LogP contribution in [-0.2, 0) is 6.54 Å². The molecule has 0 atom stereocenters. The first kappa shape index (κ1) is 17.9. The Balaban J connectivity index is 1.38. The molecule has 0 amide bonds. The zero-order chi connectivity index (χ0) is 19.2. The van der Waals surface area contributed by atoms with Crippen molar-refractivity contribution in [1.82, 2.24) is 10.5 Å². The predicted molar refractivity (Wildman–Crippen MR) is 108 cm³/mol. The van der Waals surface area contributed by atoms with Crippen molar-refractivity contribution < 1.29 is 14.0 Å². The lowest BCUT2D eigenvalue weighted by Gasteiger charge is -2.13. The van der Waals surface area contributed by atoms with Gasteiger partial charge in [0.1, 0.15) is 5.69 Å². The van der Waals surface area contributed by atoms with Crippen LogP contribution in [0.25, 0.3) is 11.3 Å². The van der Waals surface area contributed by atoms with Crippen molar-refractivity contribution in [2.24, 2.45) is 4.99 Å². The first-order valence-corrected chi connectivity index (χ1v) is 9.20. The summed E-state index contributed by atoms with van der Waals surface area (Å²) in [6.45, 7) is 1.81. The van der Waals surface area contributed by atoms with Crippen molar-refractivity contribution in [2.75, 3.05) is 25.6 Å². The number of fused-ring (bicyclic) bond motifs is 1. The predicted octanol–water partition coefficient (Wildman–Crippen LogP) is 3.69. The minimum atomic E-state index is 0.487. The summed E-state index contributed by atoms with van der Waals surface area (Å²) in [6.07, 6.45) is 0.878. The van der Waals surface area contributed by atoms with E-state index in [1.54, 1.807) is 7.05 Å². The summed E-state index contributed by atoms with van der Waals surface area (Å²) in [5.74, 6) is 2.87. The van der Waals surface area contributed by atoms with Crippen LogP contribution in [0.15, 0.2) is 64.1 Å². The fraction of sp³-hybridized carbons (Fsp3) is 0.238. The number of anilines is 1. The van der Waals surface area contributed by atoms with Gasteiger partial charge in [-0.15, -0.1) is 0 Å². The van der Waals surface area contributed by atoms with Gasteiger partial charge in [-0.25, -0.2) is 0 Å². The fourth-order valence-corrected chi connectivity index (χ4v) is 2.86. The van der Waals surface area contributed by atoms with Crippen LogP contribution >= 0.6 is 0 Å². The molecule has 2 heterocycles. The molecular formula is C21H22N4O3. The smallest absolute Gasteiger partial charge is 0.195 e. The van der Waals surface area contributed by atoms with E-state index < -0.39 is 0 Å². The standard InChI is InChI=1S/C21H22N4O3/c1-22-21(24-16-8-9-18-20(12-16)27-11-5-10-26-18)23-14-17-13-19(28-25-17)15-6-3-2-4-7-15/h2-4,6-9,12-13H,5,10-11,14H2,1H3,(H2,22,23,24). The maximum absolute atomic E-state index is 5.73. The van der Waals surface area contributed by atoms with Crippen LogP contribution in [0, 0.1) is 0 Å². The molecular weight excluding hydrogens is 356 g/mol. The van der Waals surface area contributed by atoms with E-state index in [0.29, 0.717) is 25.7 Å². The van der Waals surface area contributed by atoms with Crippen LogP contribution in [0.5, 0.6) is 11.5 Å². The van der Waals surface area contributed by atoms with E-state index in [1.165, 1.54) is 0 Å². The van der Waals surface area contributed by atoms with Crippen LogP contribution in [0.4, 0.5) is 5.69 Å². The van der Waals surface area contributed by atoms with Crippen LogP contribution in [0.2, 0.25) is 0 Å². The molecule has 0 radical (unpaired) electrons. The molecule has 0 saturated heterocycles. The minimum absolute atomic E-state index is 0.487. The summed E-state index contributed by atoms with van der Waals surface area (Å²) in [7, 11) is 1.72. The van der Waals surface area contributed by atoms with E-state index in [4.69, 9.17) is 14.0 Å². The number of ether oxygens (including phenoxy) is 2. The van der Waals surface area contributed by atoms with Crippen LogP contribution in [0.1, 0.15) is 12.1 Å². The first-order chi connectivity index (χ1) is 13.8. The SMILES string of the molecule is CN=C(NCc1cc(-c2ccccc2)on1)Nc1ccc2c(c1)OCCCO2. The van der Waals surface area contributed by atoms with E-state index in [0.717, 1.165) is 40.6 Å². The summed E-state index contributed by atoms with van der Waals surface area (Å²) < 4.78 is 16.8. The molecule has 0 saturated carbocycles. The third kappa shape index (κ3) is 4.25. The fourth-order valence-electron chi connectivity index (χ4n) is 2.86. The van der Waals surface area contributed by atoms with Crippen molar-refractivity contribution in [3.8, 4) is 22.8 Å². The van der Waals surface area contributed by atoms with Crippen molar-refractivity contribution in [3.05, 3.63) is 60.3 Å². The monoisotopic (exact) mass is 378 g/mol. The molecule has 1 aliphatic heterocycles. The highest BCUT2D eigenvalue weighted by molar-refractivity contribution is 5.93. The molecule has 3 aromatic rings. The molecule has 0 spiro atoms. The largest absolute Gasteiger partial charge is 0.490 e. The number of rotatable bonds is 4. The number of hydrogen-bond donors (Lipinski definition) is 2. The Kier molecular flexibility index (Phi) is 5.42. The number of guanidine groups is 1. The highest BCUT2D eigenvalue weighted by Crippen LogP contribution is 2.32. The van der Waals surface area contributed by atoms with Gasteiger partial charge in [-0.05, 0) is 12.1 Å². The number of aromatic nitrogens is 1. The lowest BCUT2D eigenvalue weighted by Crippen LogP contribution is -2.30. The molecule has 28 heavy (non-hydrogen) atoms. The second-order valence-electron chi connectivity index (χ2n) is 6.31. The Bertz CT molecular complexity index is 953. The molecule has 144 valence electrons. The van der Waals surface area contributed by atoms with Gasteiger partial charge in [0.2, 0.25) is 0 Å². The van der Waals surface area contributed by atoms with Gasteiger partial charge in [-0.3, -0.25) is 4.99 Å². The zero-order valence-corrected chi connectivity index (χ0v) is 15.6. The van der Waals surface area contributed by atoms with Crippen LogP contribution in [0.3, 0.4) is 0 Å². The van der Waals surface area contributed by atoms with Crippen LogP contribution < -0.4 is 20.1 Å². The molecule has 1 aromatic heterocycles. The van der Waals surface area contributed by atoms with Crippen molar-refractivity contribution in [2.45, 2.75) is 13.0 Å². The first-order valence-electron chi connectivity index (χ1n) is 9.20. The van der Waals surface area contributed by atoms with E-state index in [1.807, 2.05) is 54.6 Å². The number of hydrogen-bond acceptors (Lipinski definition) is 5. The molecule has 2 N–H and O–H groups in total. The number of aliphatic imine (C=N–C) groups is 1. The van der Waals surface area contributed by atoms with Crippen LogP contribution in [-0.4, -0.2) is 31.4 Å². The summed E-state index contributed by atoms with van der Waals surface area (Å²) in [4.78, 5) is 4.26. The summed E-state index contributed by atoms with van der Waals surface area (Å²) in [5, 5.41) is 10.6. The van der Waals surface area contributed by atoms with Crippen molar-refractivity contribution in [3.63, 3.8) is 0 Å². The number of nitrogens with zero attached hydrogens (tertiary/aromatic N) is 2. The second kappa shape index (κ2) is 8.47. The molecule has 4 rings (SSSR count). The van der Waals surface area contributed by atoms with E-state index in [-0.39, 0.29) is 0 Å². The molecule has 0 bridgehead atoms. The van der Waals surface area contributed by atoms with Gasteiger partial charge < -0.3 is 24.6 Å². The van der Waals surface area contributed by atoms with E-state index in [9.17, 15) is 0 Å². The van der Waals surface area contributed by atoms with Gasteiger partial charge in [-0.1, -0.05) is 35.5 Å². The van der Waals surface area contributed by atoms with E-state index in [2.05, 4.69) is 20.8 Å². The van der Waals surface area contributed by atoms with Gasteiger partial charge in [0, 0.05) is 36.9 Å². The quantitative estimate of drug-likeness (QED) is 0.532. The number of benzene rings is 2. The zero-order valence-electron chi connectivity index (χ0n) is 15.6. The second-order valence-corrected chi connectivity index (χ2v) is 6.31. The summed E-state index contributed by atoms with van der Waals surface area (Å²) in [5.41, 5.74) is 2.65. The van der Waals surface area contributed by atoms with Gasteiger partial charge in [-0.2, -0.15) is 0 Å². The maximum atomic E-state index is 5.73. The Hall–Kier alpha value is -3.48. The molecule has 2 aromatic carbocycles. The van der Waals surface area contributed by atoms with Crippen molar-refractivity contribution >= 4 is 11.6 Å². The molecule has 7 nitrogen and oxygen atoms in total. The molecule has 7 heteroatoms. The topological polar surface area (TPSA) is 80.9 Å². The molecule has 1 aliphatic rings. The van der Waals surface area contributed by atoms with Gasteiger partial charge in [0.15, 0.2) is 23.2 Å². The Morgan fingerprint density at radius 2 is 1.86 bits per heavy atom. The Morgan fingerprint density at radius 3 is 2.68 bits per heavy atom.